The van der Waals surface area contributed by atoms with E-state index in [0.717, 1.165) is 16.2 Å². The minimum Gasteiger partial charge on any atom is -0.297 e. The fraction of sp³-hybridized carbons (Fsp3) is 0. The van der Waals surface area contributed by atoms with Crippen LogP contribution in [0.3, 0.4) is 0 Å². The third-order valence-corrected chi connectivity index (χ3v) is 6.86. The van der Waals surface area contributed by atoms with Crippen molar-refractivity contribution in [1.82, 2.24) is 9.38 Å². The Morgan fingerprint density at radius 2 is 1.85 bits per heavy atom. The molecule has 0 aliphatic rings. The fourth-order valence-electron chi connectivity index (χ4n) is 2.48. The van der Waals surface area contributed by atoms with Gasteiger partial charge in [0.2, 0.25) is 0 Å². The molecule has 0 bridgehead atoms. The molecule has 132 valence electrons. The summed E-state index contributed by atoms with van der Waals surface area (Å²) in [4.78, 5) is 5.37. The zero-order chi connectivity index (χ0) is 18.3. The lowest BCUT2D eigenvalue weighted by molar-refractivity contribution is 0.601. The number of thiazole rings is 1. The smallest absolute Gasteiger partial charge is 0.263 e. The molecule has 0 fully saturated rings. The highest BCUT2D eigenvalue weighted by atomic mass is 35.5. The fourth-order valence-corrected chi connectivity index (χ4v) is 5.00. The van der Waals surface area contributed by atoms with Crippen LogP contribution in [0.2, 0.25) is 10.0 Å². The van der Waals surface area contributed by atoms with Crippen molar-refractivity contribution in [3.8, 4) is 11.3 Å². The number of halogens is 2. The van der Waals surface area contributed by atoms with E-state index in [1.165, 1.54) is 18.2 Å². The zero-order valence-electron chi connectivity index (χ0n) is 13.1. The highest BCUT2D eigenvalue weighted by Crippen LogP contribution is 2.30. The molecule has 0 aliphatic heterocycles. The summed E-state index contributed by atoms with van der Waals surface area (Å²) in [7, 11) is -3.84. The van der Waals surface area contributed by atoms with Gasteiger partial charge in [0.05, 0.1) is 15.7 Å². The Bertz CT molecular complexity index is 1170. The second-order valence-corrected chi connectivity index (χ2v) is 8.76. The van der Waals surface area contributed by atoms with E-state index in [1.807, 2.05) is 34.3 Å². The number of hydrogen-bond acceptors (Lipinski definition) is 4. The third kappa shape index (κ3) is 3.19. The second kappa shape index (κ2) is 6.59. The average Bonchev–Trinajstić information content (AvgIpc) is 3.19. The molecule has 26 heavy (non-hydrogen) atoms. The lowest BCUT2D eigenvalue weighted by Gasteiger charge is -2.10. The maximum Gasteiger partial charge on any atom is 0.263 e. The summed E-state index contributed by atoms with van der Waals surface area (Å²) in [5, 5.41) is 2.14. The van der Waals surface area contributed by atoms with Gasteiger partial charge in [0.1, 0.15) is 4.90 Å². The van der Waals surface area contributed by atoms with Crippen LogP contribution >= 0.6 is 34.5 Å². The minimum absolute atomic E-state index is 0.00336. The predicted octanol–water partition coefficient (Wildman–Crippen LogP) is 5.17. The molecule has 0 atom stereocenters. The quantitative estimate of drug-likeness (QED) is 0.492. The van der Waals surface area contributed by atoms with Crippen LogP contribution in [-0.4, -0.2) is 17.8 Å². The van der Waals surface area contributed by atoms with E-state index in [4.69, 9.17) is 23.2 Å². The van der Waals surface area contributed by atoms with Crippen molar-refractivity contribution in [3.05, 3.63) is 70.3 Å². The van der Waals surface area contributed by atoms with Crippen molar-refractivity contribution in [2.24, 2.45) is 0 Å². The summed E-state index contributed by atoms with van der Waals surface area (Å²) in [6.07, 6.45) is 3.87. The number of nitrogens with zero attached hydrogens (tertiary/aromatic N) is 2. The van der Waals surface area contributed by atoms with Gasteiger partial charge in [0.15, 0.2) is 4.96 Å². The molecule has 0 saturated carbocycles. The van der Waals surface area contributed by atoms with Gasteiger partial charge in [-0.25, -0.2) is 13.4 Å². The maximum atomic E-state index is 12.5. The summed E-state index contributed by atoms with van der Waals surface area (Å²) in [6.45, 7) is 0. The van der Waals surface area contributed by atoms with Crippen LogP contribution in [0.1, 0.15) is 0 Å². The minimum atomic E-state index is -3.84. The lowest BCUT2D eigenvalue weighted by atomic mass is 10.1. The number of anilines is 1. The summed E-state index contributed by atoms with van der Waals surface area (Å²) in [5.41, 5.74) is 2.14. The Labute approximate surface area is 163 Å². The molecule has 4 aromatic rings. The molecule has 9 heteroatoms. The van der Waals surface area contributed by atoms with Crippen LogP contribution < -0.4 is 4.72 Å². The zero-order valence-corrected chi connectivity index (χ0v) is 16.2. The number of sulfonamides is 1. The van der Waals surface area contributed by atoms with E-state index in [0.29, 0.717) is 5.69 Å². The first-order valence-corrected chi connectivity index (χ1v) is 10.6. The molecule has 2 aromatic heterocycles. The molecule has 5 nitrogen and oxygen atoms in total. The van der Waals surface area contributed by atoms with Gasteiger partial charge in [0.25, 0.3) is 10.0 Å². The molecular weight excluding hydrogens is 413 g/mol. The Balaban J connectivity index is 1.61. The predicted molar refractivity (Wildman–Crippen MR) is 106 cm³/mol. The van der Waals surface area contributed by atoms with Gasteiger partial charge >= 0.3 is 0 Å². The lowest BCUT2D eigenvalue weighted by Crippen LogP contribution is -2.13. The van der Waals surface area contributed by atoms with Crippen molar-refractivity contribution >= 4 is 55.2 Å². The largest absolute Gasteiger partial charge is 0.297 e. The number of imidazole rings is 1. The second-order valence-electron chi connectivity index (χ2n) is 5.45. The standard InChI is InChI=1S/C17H11Cl2N3O2S2/c18-13-2-1-3-15(16(13)19)26(23,24)21-12-6-4-11(5-7-12)14-10-22-8-9-25-17(22)20-14/h1-10,21H. The van der Waals surface area contributed by atoms with Crippen molar-refractivity contribution in [2.45, 2.75) is 4.90 Å². The molecule has 2 aromatic carbocycles. The number of benzene rings is 2. The third-order valence-electron chi connectivity index (χ3n) is 3.73. The van der Waals surface area contributed by atoms with E-state index >= 15 is 0 Å². The van der Waals surface area contributed by atoms with E-state index in [1.54, 1.807) is 23.5 Å². The van der Waals surface area contributed by atoms with Crippen LogP contribution in [0.5, 0.6) is 0 Å². The topological polar surface area (TPSA) is 63.5 Å². The van der Waals surface area contributed by atoms with Crippen LogP contribution in [0.4, 0.5) is 5.69 Å². The normalized spacial score (nSPS) is 11.8. The van der Waals surface area contributed by atoms with E-state index in [-0.39, 0.29) is 14.9 Å². The van der Waals surface area contributed by atoms with Crippen molar-refractivity contribution in [3.63, 3.8) is 0 Å². The molecule has 4 rings (SSSR count). The highest BCUT2D eigenvalue weighted by Gasteiger charge is 2.19. The van der Waals surface area contributed by atoms with Gasteiger partial charge in [-0.05, 0) is 24.3 Å². The molecule has 2 heterocycles. The average molecular weight is 424 g/mol. The van der Waals surface area contributed by atoms with Gasteiger partial charge in [0, 0.05) is 29.0 Å². The van der Waals surface area contributed by atoms with Crippen LogP contribution in [0, 0.1) is 0 Å². The van der Waals surface area contributed by atoms with E-state index in [2.05, 4.69) is 9.71 Å². The number of hydrogen-bond donors (Lipinski definition) is 1. The molecule has 0 spiro atoms. The molecule has 0 unspecified atom stereocenters. The Kier molecular flexibility index (Phi) is 4.40. The molecule has 0 saturated heterocycles. The Morgan fingerprint density at radius 3 is 2.58 bits per heavy atom. The summed E-state index contributed by atoms with van der Waals surface area (Å²) >= 11 is 13.5. The molecule has 0 radical (unpaired) electrons. The van der Waals surface area contributed by atoms with Crippen LogP contribution in [-0.2, 0) is 10.0 Å². The van der Waals surface area contributed by atoms with E-state index < -0.39 is 10.0 Å². The Morgan fingerprint density at radius 1 is 1.08 bits per heavy atom. The first-order valence-electron chi connectivity index (χ1n) is 7.43. The Hall–Kier alpha value is -2.06. The first kappa shape index (κ1) is 17.4. The van der Waals surface area contributed by atoms with Gasteiger partial charge < -0.3 is 0 Å². The molecule has 0 aliphatic carbocycles. The number of fused-ring (bicyclic) bond motifs is 1. The van der Waals surface area contributed by atoms with Gasteiger partial charge in [-0.3, -0.25) is 9.12 Å². The van der Waals surface area contributed by atoms with Crippen molar-refractivity contribution in [1.29, 1.82) is 0 Å². The van der Waals surface area contributed by atoms with Crippen LogP contribution in [0.25, 0.3) is 16.2 Å². The number of nitrogens with one attached hydrogen (secondary N) is 1. The highest BCUT2D eigenvalue weighted by molar-refractivity contribution is 7.92. The molecule has 0 amide bonds. The van der Waals surface area contributed by atoms with Gasteiger partial charge in [-0.15, -0.1) is 11.3 Å². The van der Waals surface area contributed by atoms with Gasteiger partial charge in [-0.1, -0.05) is 41.4 Å². The molecular formula is C17H11Cl2N3O2S2. The summed E-state index contributed by atoms with van der Waals surface area (Å²) < 4.78 is 29.5. The van der Waals surface area contributed by atoms with Crippen molar-refractivity contribution < 1.29 is 8.42 Å². The first-order chi connectivity index (χ1) is 12.4. The summed E-state index contributed by atoms with van der Waals surface area (Å²) in [5.74, 6) is 0. The maximum absolute atomic E-state index is 12.5. The van der Waals surface area contributed by atoms with Crippen LogP contribution in [0.15, 0.2) is 65.1 Å². The number of aromatic nitrogens is 2. The van der Waals surface area contributed by atoms with Crippen molar-refractivity contribution in [2.75, 3.05) is 4.72 Å². The SMILES string of the molecule is O=S(=O)(Nc1ccc(-c2cn3ccsc3n2)cc1)c1cccc(Cl)c1Cl. The monoisotopic (exact) mass is 423 g/mol. The molecule has 1 N–H and O–H groups in total. The number of rotatable bonds is 4. The van der Waals surface area contributed by atoms with E-state index in [9.17, 15) is 8.42 Å². The van der Waals surface area contributed by atoms with Gasteiger partial charge in [-0.2, -0.15) is 0 Å². The summed E-state index contributed by atoms with van der Waals surface area (Å²) in [6, 6.07) is 11.5.